The first-order valence-corrected chi connectivity index (χ1v) is 5.95. The second-order valence-electron chi connectivity index (χ2n) is 3.41. The zero-order valence-corrected chi connectivity index (χ0v) is 10.6. The Morgan fingerprint density at radius 1 is 1.38 bits per heavy atom. The van der Waals surface area contributed by atoms with E-state index < -0.39 is 0 Å². The predicted octanol–water partition coefficient (Wildman–Crippen LogP) is 2.14. The van der Waals surface area contributed by atoms with Gasteiger partial charge in [0.25, 0.3) is 0 Å². The summed E-state index contributed by atoms with van der Waals surface area (Å²) in [6, 6.07) is 3.88. The lowest BCUT2D eigenvalue weighted by Gasteiger charge is -1.99. The molecule has 2 heterocycles. The van der Waals surface area contributed by atoms with E-state index in [9.17, 15) is 0 Å². The second-order valence-corrected chi connectivity index (χ2v) is 4.32. The van der Waals surface area contributed by atoms with Crippen molar-refractivity contribution in [2.24, 2.45) is 0 Å². The molecule has 5 heteroatoms. The van der Waals surface area contributed by atoms with Crippen molar-refractivity contribution in [2.45, 2.75) is 13.5 Å². The standard InChI is InChI=1S/C11H13BrN4/c1-2-13-5-9-6-15-16(8-9)11-4-3-10(12)7-14-11/h3-4,6-8,13H,2,5H2,1H3. The first-order chi connectivity index (χ1) is 7.79. The third kappa shape index (κ3) is 2.68. The van der Waals surface area contributed by atoms with E-state index in [4.69, 9.17) is 0 Å². The lowest BCUT2D eigenvalue weighted by molar-refractivity contribution is 0.726. The van der Waals surface area contributed by atoms with E-state index in [1.165, 1.54) is 0 Å². The summed E-state index contributed by atoms with van der Waals surface area (Å²) in [5.41, 5.74) is 1.16. The van der Waals surface area contributed by atoms with E-state index in [1.54, 1.807) is 10.9 Å². The highest BCUT2D eigenvalue weighted by Crippen LogP contribution is 2.10. The highest BCUT2D eigenvalue weighted by atomic mass is 79.9. The highest BCUT2D eigenvalue weighted by Gasteiger charge is 2.01. The maximum absolute atomic E-state index is 4.28. The minimum absolute atomic E-state index is 0.825. The van der Waals surface area contributed by atoms with Crippen LogP contribution in [0.15, 0.2) is 35.2 Å². The number of aromatic nitrogens is 3. The third-order valence-corrected chi connectivity index (χ3v) is 2.63. The van der Waals surface area contributed by atoms with Crippen LogP contribution in [0.4, 0.5) is 0 Å². The quantitative estimate of drug-likeness (QED) is 0.933. The van der Waals surface area contributed by atoms with E-state index >= 15 is 0 Å². The molecular weight excluding hydrogens is 268 g/mol. The van der Waals surface area contributed by atoms with Gasteiger partial charge >= 0.3 is 0 Å². The zero-order valence-electron chi connectivity index (χ0n) is 9.02. The van der Waals surface area contributed by atoms with Gasteiger partial charge in [0.05, 0.1) is 6.20 Å². The van der Waals surface area contributed by atoms with E-state index in [0.717, 1.165) is 28.9 Å². The molecule has 2 aromatic rings. The fourth-order valence-corrected chi connectivity index (χ4v) is 1.58. The number of hydrogen-bond acceptors (Lipinski definition) is 3. The van der Waals surface area contributed by atoms with Crippen LogP contribution in [0.3, 0.4) is 0 Å². The monoisotopic (exact) mass is 280 g/mol. The summed E-state index contributed by atoms with van der Waals surface area (Å²) in [6.07, 6.45) is 5.60. The molecule has 0 bridgehead atoms. The van der Waals surface area contributed by atoms with Crippen LogP contribution in [-0.2, 0) is 6.54 Å². The molecule has 0 spiro atoms. The van der Waals surface area contributed by atoms with Gasteiger partial charge in [-0.25, -0.2) is 9.67 Å². The molecule has 0 aromatic carbocycles. The van der Waals surface area contributed by atoms with Crippen molar-refractivity contribution >= 4 is 15.9 Å². The van der Waals surface area contributed by atoms with Crippen LogP contribution in [0.25, 0.3) is 5.82 Å². The van der Waals surface area contributed by atoms with Gasteiger partial charge in [-0.15, -0.1) is 0 Å². The number of pyridine rings is 1. The van der Waals surface area contributed by atoms with Gasteiger partial charge < -0.3 is 5.32 Å². The van der Waals surface area contributed by atoms with Crippen molar-refractivity contribution in [3.8, 4) is 5.82 Å². The minimum Gasteiger partial charge on any atom is -0.313 e. The third-order valence-electron chi connectivity index (χ3n) is 2.16. The van der Waals surface area contributed by atoms with Crippen molar-refractivity contribution in [3.05, 3.63) is 40.8 Å². The average Bonchev–Trinajstić information content (AvgIpc) is 2.76. The van der Waals surface area contributed by atoms with Crippen molar-refractivity contribution < 1.29 is 0 Å². The van der Waals surface area contributed by atoms with Crippen LogP contribution >= 0.6 is 15.9 Å². The summed E-state index contributed by atoms with van der Waals surface area (Å²) in [4.78, 5) is 4.28. The van der Waals surface area contributed by atoms with E-state index in [2.05, 4.69) is 38.3 Å². The lowest BCUT2D eigenvalue weighted by Crippen LogP contribution is -2.10. The number of nitrogens with one attached hydrogen (secondary N) is 1. The van der Waals surface area contributed by atoms with Crippen molar-refractivity contribution in [1.82, 2.24) is 20.1 Å². The molecule has 0 aliphatic heterocycles. The Bertz CT molecular complexity index is 449. The molecule has 0 aliphatic rings. The molecule has 0 amide bonds. The summed E-state index contributed by atoms with van der Waals surface area (Å²) in [5.74, 6) is 0.825. The zero-order chi connectivity index (χ0) is 11.4. The lowest BCUT2D eigenvalue weighted by atomic mass is 10.3. The van der Waals surface area contributed by atoms with Crippen LogP contribution in [-0.4, -0.2) is 21.3 Å². The van der Waals surface area contributed by atoms with Gasteiger partial charge in [0.1, 0.15) is 0 Å². The summed E-state index contributed by atoms with van der Waals surface area (Å²) < 4.78 is 2.75. The first-order valence-electron chi connectivity index (χ1n) is 5.16. The largest absolute Gasteiger partial charge is 0.313 e. The Kier molecular flexibility index (Phi) is 3.69. The summed E-state index contributed by atoms with van der Waals surface area (Å²) in [6.45, 7) is 3.88. The summed E-state index contributed by atoms with van der Waals surface area (Å²) >= 11 is 3.36. The number of hydrogen-bond donors (Lipinski definition) is 1. The SMILES string of the molecule is CCNCc1cnn(-c2ccc(Br)cn2)c1. The fourth-order valence-electron chi connectivity index (χ4n) is 1.35. The van der Waals surface area contributed by atoms with Crippen LogP contribution in [0.1, 0.15) is 12.5 Å². The maximum Gasteiger partial charge on any atom is 0.153 e. The Labute approximate surface area is 103 Å². The topological polar surface area (TPSA) is 42.7 Å². The van der Waals surface area contributed by atoms with E-state index in [1.807, 2.05) is 24.5 Å². The molecular formula is C11H13BrN4. The Balaban J connectivity index is 2.15. The molecule has 1 N–H and O–H groups in total. The Morgan fingerprint density at radius 2 is 2.25 bits per heavy atom. The molecule has 4 nitrogen and oxygen atoms in total. The van der Waals surface area contributed by atoms with Crippen LogP contribution in [0.5, 0.6) is 0 Å². The van der Waals surface area contributed by atoms with Crippen molar-refractivity contribution in [2.75, 3.05) is 6.54 Å². The van der Waals surface area contributed by atoms with Gasteiger partial charge in [-0.3, -0.25) is 0 Å². The number of nitrogens with zero attached hydrogens (tertiary/aromatic N) is 3. The molecule has 2 rings (SSSR count). The summed E-state index contributed by atoms with van der Waals surface area (Å²) in [5, 5.41) is 7.53. The molecule has 0 atom stereocenters. The van der Waals surface area contributed by atoms with Gasteiger partial charge in [-0.2, -0.15) is 5.10 Å². The molecule has 2 aromatic heterocycles. The van der Waals surface area contributed by atoms with Crippen LogP contribution in [0, 0.1) is 0 Å². The maximum atomic E-state index is 4.28. The molecule has 84 valence electrons. The van der Waals surface area contributed by atoms with Gasteiger partial charge in [0.2, 0.25) is 0 Å². The van der Waals surface area contributed by atoms with Gasteiger partial charge in [-0.1, -0.05) is 6.92 Å². The normalized spacial score (nSPS) is 10.6. The molecule has 0 radical (unpaired) electrons. The van der Waals surface area contributed by atoms with Gasteiger partial charge in [-0.05, 0) is 34.6 Å². The molecule has 16 heavy (non-hydrogen) atoms. The molecule has 0 aliphatic carbocycles. The fraction of sp³-hybridized carbons (Fsp3) is 0.273. The number of halogens is 1. The molecule has 0 fully saturated rings. The highest BCUT2D eigenvalue weighted by molar-refractivity contribution is 9.10. The minimum atomic E-state index is 0.825. The molecule has 0 unspecified atom stereocenters. The second kappa shape index (κ2) is 5.23. The average molecular weight is 281 g/mol. The Morgan fingerprint density at radius 3 is 2.94 bits per heavy atom. The van der Waals surface area contributed by atoms with E-state index in [0.29, 0.717) is 0 Å². The molecule has 0 saturated carbocycles. The van der Waals surface area contributed by atoms with Crippen LogP contribution in [0.2, 0.25) is 0 Å². The van der Waals surface area contributed by atoms with Gasteiger partial charge in [0, 0.05) is 29.0 Å². The van der Waals surface area contributed by atoms with Gasteiger partial charge in [0.15, 0.2) is 5.82 Å². The van der Waals surface area contributed by atoms with Crippen molar-refractivity contribution in [3.63, 3.8) is 0 Å². The molecule has 0 saturated heterocycles. The van der Waals surface area contributed by atoms with Crippen molar-refractivity contribution in [1.29, 1.82) is 0 Å². The van der Waals surface area contributed by atoms with E-state index in [-0.39, 0.29) is 0 Å². The predicted molar refractivity (Wildman–Crippen MR) is 66.4 cm³/mol. The van der Waals surface area contributed by atoms with Crippen LogP contribution < -0.4 is 5.32 Å². The smallest absolute Gasteiger partial charge is 0.153 e. The first kappa shape index (κ1) is 11.3. The number of rotatable bonds is 4. The Hall–Kier alpha value is -1.20. The summed E-state index contributed by atoms with van der Waals surface area (Å²) in [7, 11) is 0.